The van der Waals surface area contributed by atoms with Crippen molar-refractivity contribution in [1.82, 2.24) is 25.9 Å². The SMILES string of the molecule is CSCCC(NC(=O)C(CCC(N)=O)NC(=O)C(Cc1cnc[nH]1)NC(=O)C(C)N)C(=O)O. The summed E-state index contributed by atoms with van der Waals surface area (Å²) in [6.07, 6.45) is 4.50. The molecule has 0 saturated heterocycles. The van der Waals surface area contributed by atoms with Crippen LogP contribution in [-0.4, -0.2) is 80.8 Å². The summed E-state index contributed by atoms with van der Waals surface area (Å²) in [5, 5.41) is 16.7. The number of carbonyl (C=O) groups is 5. The number of imidazole rings is 1. The average molecular weight is 486 g/mol. The minimum absolute atomic E-state index is 0.0277. The summed E-state index contributed by atoms with van der Waals surface area (Å²) in [6.45, 7) is 1.45. The number of rotatable bonds is 15. The number of primary amides is 1. The van der Waals surface area contributed by atoms with E-state index in [2.05, 4.69) is 25.9 Å². The number of nitrogens with two attached hydrogens (primary N) is 2. The summed E-state index contributed by atoms with van der Waals surface area (Å²) < 4.78 is 0. The highest BCUT2D eigenvalue weighted by molar-refractivity contribution is 7.98. The van der Waals surface area contributed by atoms with Crippen LogP contribution in [0.25, 0.3) is 0 Å². The normalized spacial score (nSPS) is 14.4. The van der Waals surface area contributed by atoms with Crippen LogP contribution in [0.1, 0.15) is 31.9 Å². The van der Waals surface area contributed by atoms with Crippen molar-refractivity contribution in [2.45, 2.75) is 56.8 Å². The minimum Gasteiger partial charge on any atom is -0.480 e. The summed E-state index contributed by atoms with van der Waals surface area (Å²) in [7, 11) is 0. The third kappa shape index (κ3) is 10.4. The maximum Gasteiger partial charge on any atom is 0.326 e. The number of amides is 4. The molecule has 14 heteroatoms. The Kier molecular flexibility index (Phi) is 11.9. The molecule has 0 spiro atoms. The molecule has 1 rings (SSSR count). The van der Waals surface area contributed by atoms with Crippen molar-refractivity contribution in [2.24, 2.45) is 11.5 Å². The number of thioether (sulfide) groups is 1. The van der Waals surface area contributed by atoms with Gasteiger partial charge in [0.2, 0.25) is 23.6 Å². The smallest absolute Gasteiger partial charge is 0.326 e. The maximum atomic E-state index is 13.0. The molecular weight excluding hydrogens is 454 g/mol. The molecular formula is C19H31N7O6S. The van der Waals surface area contributed by atoms with Gasteiger partial charge in [-0.3, -0.25) is 19.2 Å². The molecule has 0 aliphatic carbocycles. The van der Waals surface area contributed by atoms with Crippen LogP contribution in [0.5, 0.6) is 0 Å². The Bertz CT molecular complexity index is 818. The summed E-state index contributed by atoms with van der Waals surface area (Å²) in [5.41, 5.74) is 11.3. The summed E-state index contributed by atoms with van der Waals surface area (Å²) in [4.78, 5) is 67.2. The van der Waals surface area contributed by atoms with Gasteiger partial charge in [0.05, 0.1) is 12.4 Å². The number of carboxylic acid groups (broad SMARTS) is 1. The van der Waals surface area contributed by atoms with Gasteiger partial charge in [-0.2, -0.15) is 11.8 Å². The van der Waals surface area contributed by atoms with E-state index in [0.29, 0.717) is 11.4 Å². The summed E-state index contributed by atoms with van der Waals surface area (Å²) in [6, 6.07) is -4.42. The topological polar surface area (TPSA) is 222 Å². The quantitative estimate of drug-likeness (QED) is 0.144. The summed E-state index contributed by atoms with van der Waals surface area (Å²) in [5.74, 6) is -3.52. The monoisotopic (exact) mass is 485 g/mol. The molecule has 1 heterocycles. The summed E-state index contributed by atoms with van der Waals surface area (Å²) >= 11 is 1.42. The van der Waals surface area contributed by atoms with E-state index in [1.807, 2.05) is 0 Å². The molecule has 184 valence electrons. The second-order valence-electron chi connectivity index (χ2n) is 7.38. The molecule has 1 aromatic heterocycles. The first-order valence-corrected chi connectivity index (χ1v) is 11.6. The predicted octanol–water partition coefficient (Wildman–Crippen LogP) is -2.14. The lowest BCUT2D eigenvalue weighted by molar-refractivity contribution is -0.142. The fourth-order valence-corrected chi connectivity index (χ4v) is 3.19. The van der Waals surface area contributed by atoms with Crippen LogP contribution in [0.15, 0.2) is 12.5 Å². The lowest BCUT2D eigenvalue weighted by Crippen LogP contribution is -2.57. The first-order valence-electron chi connectivity index (χ1n) is 10.2. The lowest BCUT2D eigenvalue weighted by Gasteiger charge is -2.24. The lowest BCUT2D eigenvalue weighted by atomic mass is 10.1. The van der Waals surface area contributed by atoms with Crippen molar-refractivity contribution in [1.29, 1.82) is 0 Å². The highest BCUT2D eigenvalue weighted by atomic mass is 32.2. The van der Waals surface area contributed by atoms with Gasteiger partial charge < -0.3 is 37.5 Å². The van der Waals surface area contributed by atoms with Gasteiger partial charge in [-0.1, -0.05) is 0 Å². The molecule has 0 aromatic carbocycles. The number of aromatic amines is 1. The molecule has 0 radical (unpaired) electrons. The van der Waals surface area contributed by atoms with Crippen molar-refractivity contribution in [3.05, 3.63) is 18.2 Å². The molecule has 4 amide bonds. The van der Waals surface area contributed by atoms with Gasteiger partial charge in [-0.25, -0.2) is 9.78 Å². The zero-order chi connectivity index (χ0) is 25.0. The van der Waals surface area contributed by atoms with Gasteiger partial charge in [0.1, 0.15) is 18.1 Å². The number of hydrogen-bond donors (Lipinski definition) is 7. The van der Waals surface area contributed by atoms with E-state index in [9.17, 15) is 29.1 Å². The Hall–Kier alpha value is -3.13. The maximum absolute atomic E-state index is 13.0. The molecule has 1 aromatic rings. The van der Waals surface area contributed by atoms with E-state index >= 15 is 0 Å². The van der Waals surface area contributed by atoms with E-state index in [-0.39, 0.29) is 25.7 Å². The van der Waals surface area contributed by atoms with Crippen molar-refractivity contribution in [2.75, 3.05) is 12.0 Å². The molecule has 0 fully saturated rings. The Labute approximate surface area is 195 Å². The molecule has 0 saturated carbocycles. The highest BCUT2D eigenvalue weighted by Crippen LogP contribution is 2.06. The fraction of sp³-hybridized carbons (Fsp3) is 0.579. The van der Waals surface area contributed by atoms with E-state index < -0.39 is 53.8 Å². The number of carbonyl (C=O) groups excluding carboxylic acids is 4. The number of hydrogen-bond acceptors (Lipinski definition) is 8. The highest BCUT2D eigenvalue weighted by Gasteiger charge is 2.30. The van der Waals surface area contributed by atoms with Gasteiger partial charge in [0.15, 0.2) is 0 Å². The minimum atomic E-state index is -1.25. The first-order chi connectivity index (χ1) is 15.5. The zero-order valence-electron chi connectivity index (χ0n) is 18.5. The number of aromatic nitrogens is 2. The number of aliphatic carboxylic acids is 1. The molecule has 4 unspecified atom stereocenters. The van der Waals surface area contributed by atoms with Crippen LogP contribution in [0.3, 0.4) is 0 Å². The molecule has 9 N–H and O–H groups in total. The van der Waals surface area contributed by atoms with Crippen LogP contribution in [-0.2, 0) is 30.4 Å². The Morgan fingerprint density at radius 2 is 1.67 bits per heavy atom. The molecule has 33 heavy (non-hydrogen) atoms. The third-order valence-electron chi connectivity index (χ3n) is 4.56. The Morgan fingerprint density at radius 3 is 2.18 bits per heavy atom. The fourth-order valence-electron chi connectivity index (χ4n) is 2.72. The van der Waals surface area contributed by atoms with Crippen LogP contribution < -0.4 is 27.4 Å². The van der Waals surface area contributed by atoms with Crippen LogP contribution >= 0.6 is 11.8 Å². The van der Waals surface area contributed by atoms with Crippen molar-refractivity contribution in [3.63, 3.8) is 0 Å². The van der Waals surface area contributed by atoms with Crippen LogP contribution in [0.4, 0.5) is 0 Å². The van der Waals surface area contributed by atoms with Gasteiger partial charge in [0, 0.05) is 24.7 Å². The molecule has 4 atom stereocenters. The average Bonchev–Trinajstić information content (AvgIpc) is 3.25. The number of nitrogens with one attached hydrogen (secondary N) is 4. The van der Waals surface area contributed by atoms with E-state index in [0.717, 1.165) is 0 Å². The second kappa shape index (κ2) is 14.1. The Balaban J connectivity index is 3.01. The molecule has 0 aliphatic heterocycles. The first kappa shape index (κ1) is 27.9. The van der Waals surface area contributed by atoms with Crippen LogP contribution in [0, 0.1) is 0 Å². The van der Waals surface area contributed by atoms with Crippen LogP contribution in [0.2, 0.25) is 0 Å². The second-order valence-corrected chi connectivity index (χ2v) is 8.36. The largest absolute Gasteiger partial charge is 0.480 e. The molecule has 13 nitrogen and oxygen atoms in total. The van der Waals surface area contributed by atoms with Gasteiger partial charge in [0.25, 0.3) is 0 Å². The van der Waals surface area contributed by atoms with Crippen molar-refractivity contribution in [3.8, 4) is 0 Å². The van der Waals surface area contributed by atoms with Gasteiger partial charge in [-0.15, -0.1) is 0 Å². The predicted molar refractivity (Wildman–Crippen MR) is 121 cm³/mol. The Morgan fingerprint density at radius 1 is 1.06 bits per heavy atom. The number of carboxylic acids is 1. The number of H-pyrrole nitrogens is 1. The van der Waals surface area contributed by atoms with Crippen molar-refractivity contribution < 1.29 is 29.1 Å². The third-order valence-corrected chi connectivity index (χ3v) is 5.21. The van der Waals surface area contributed by atoms with E-state index in [4.69, 9.17) is 11.5 Å². The standard InChI is InChI=1S/C19H31N7O6S/c1-10(20)16(28)26-14(7-11-8-22-9-23-11)18(30)24-12(3-4-15(21)27)17(29)25-13(19(31)32)5-6-33-2/h8-10,12-14H,3-7,20H2,1-2H3,(H2,21,27)(H,22,23)(H,24,30)(H,25,29)(H,26,28)(H,31,32). The van der Waals surface area contributed by atoms with Gasteiger partial charge >= 0.3 is 5.97 Å². The molecule has 0 bridgehead atoms. The van der Waals surface area contributed by atoms with E-state index in [1.165, 1.54) is 31.2 Å². The van der Waals surface area contributed by atoms with Gasteiger partial charge in [-0.05, 0) is 31.8 Å². The number of nitrogens with zero attached hydrogens (tertiary/aromatic N) is 1. The molecule has 0 aliphatic rings. The van der Waals surface area contributed by atoms with Crippen molar-refractivity contribution >= 4 is 41.4 Å². The zero-order valence-corrected chi connectivity index (χ0v) is 19.3. The van der Waals surface area contributed by atoms with E-state index in [1.54, 1.807) is 6.26 Å².